The minimum Gasteiger partial charge on any atom is -0.382 e. The number of alkyl halides is 3. The zero-order valence-corrected chi connectivity index (χ0v) is 18.1. The lowest BCUT2D eigenvalue weighted by molar-refractivity contribution is -0.140. The summed E-state index contributed by atoms with van der Waals surface area (Å²) in [5, 5.41) is 14.5. The van der Waals surface area contributed by atoms with Gasteiger partial charge in [0.1, 0.15) is 5.69 Å². The predicted molar refractivity (Wildman–Crippen MR) is 116 cm³/mol. The van der Waals surface area contributed by atoms with Crippen molar-refractivity contribution < 1.29 is 18.0 Å². The zero-order chi connectivity index (χ0) is 22.9. The minimum absolute atomic E-state index is 0.0501. The summed E-state index contributed by atoms with van der Waals surface area (Å²) >= 11 is 11.8. The first kappa shape index (κ1) is 22.5. The highest BCUT2D eigenvalue weighted by atomic mass is 35.5. The van der Waals surface area contributed by atoms with E-state index < -0.39 is 11.9 Å². The molecule has 168 valence electrons. The van der Waals surface area contributed by atoms with Gasteiger partial charge in [-0.05, 0) is 56.0 Å². The molecule has 3 aromatic rings. The van der Waals surface area contributed by atoms with Gasteiger partial charge in [0.15, 0.2) is 5.15 Å². The minimum atomic E-state index is -4.56. The highest BCUT2D eigenvalue weighted by Crippen LogP contribution is 2.35. The fraction of sp³-hybridized carbons (Fsp3) is 0.333. The van der Waals surface area contributed by atoms with Gasteiger partial charge in [-0.2, -0.15) is 18.3 Å². The van der Waals surface area contributed by atoms with Crippen LogP contribution in [0.15, 0.2) is 36.5 Å². The molecule has 0 unspecified atom stereocenters. The summed E-state index contributed by atoms with van der Waals surface area (Å²) < 4.78 is 40.0. The number of nitrogens with zero attached hydrogens (tertiary/aromatic N) is 3. The van der Waals surface area contributed by atoms with Crippen LogP contribution in [0.5, 0.6) is 0 Å². The van der Waals surface area contributed by atoms with Gasteiger partial charge < -0.3 is 10.6 Å². The van der Waals surface area contributed by atoms with E-state index in [1.54, 1.807) is 6.07 Å². The Morgan fingerprint density at radius 2 is 1.75 bits per heavy atom. The van der Waals surface area contributed by atoms with Gasteiger partial charge in [0, 0.05) is 28.2 Å². The molecule has 1 aliphatic carbocycles. The van der Waals surface area contributed by atoms with Crippen molar-refractivity contribution in [3.8, 4) is 0 Å². The fourth-order valence-corrected chi connectivity index (χ4v) is 4.13. The number of fused-ring (bicyclic) bond motifs is 1. The largest absolute Gasteiger partial charge is 0.433 e. The second kappa shape index (κ2) is 9.07. The van der Waals surface area contributed by atoms with E-state index in [1.165, 1.54) is 24.4 Å². The maximum absolute atomic E-state index is 13.3. The van der Waals surface area contributed by atoms with Gasteiger partial charge in [-0.15, -0.1) is 5.10 Å². The average molecular weight is 484 g/mol. The lowest BCUT2D eigenvalue weighted by atomic mass is 9.90. The van der Waals surface area contributed by atoms with Crippen LogP contribution in [-0.4, -0.2) is 33.2 Å². The van der Waals surface area contributed by atoms with Crippen molar-refractivity contribution in [3.63, 3.8) is 0 Å². The number of carbonyl (C=O) groups excluding carboxylic acids is 1. The third kappa shape index (κ3) is 5.21. The number of carbonyl (C=O) groups is 1. The molecular formula is C21H18Cl2F3N5O. The van der Waals surface area contributed by atoms with Crippen LogP contribution in [0.4, 0.5) is 18.9 Å². The van der Waals surface area contributed by atoms with Gasteiger partial charge in [0.05, 0.1) is 17.3 Å². The van der Waals surface area contributed by atoms with Crippen molar-refractivity contribution >= 4 is 45.7 Å². The number of anilines is 1. The molecule has 1 saturated carbocycles. The quantitative estimate of drug-likeness (QED) is 0.511. The van der Waals surface area contributed by atoms with Crippen LogP contribution >= 0.6 is 23.2 Å². The van der Waals surface area contributed by atoms with E-state index in [-0.39, 0.29) is 28.7 Å². The number of rotatable bonds is 4. The molecule has 1 amide bonds. The topological polar surface area (TPSA) is 79.8 Å². The Morgan fingerprint density at radius 3 is 2.44 bits per heavy atom. The zero-order valence-electron chi connectivity index (χ0n) is 16.6. The number of nitrogens with one attached hydrogen (secondary N) is 2. The van der Waals surface area contributed by atoms with Crippen LogP contribution in [0, 0.1) is 0 Å². The Morgan fingerprint density at radius 1 is 1.03 bits per heavy atom. The molecule has 0 aliphatic heterocycles. The van der Waals surface area contributed by atoms with Crippen LogP contribution in [0.3, 0.4) is 0 Å². The van der Waals surface area contributed by atoms with Crippen molar-refractivity contribution in [2.24, 2.45) is 0 Å². The summed E-state index contributed by atoms with van der Waals surface area (Å²) in [6.45, 7) is 0. The molecule has 4 rings (SSSR count). The van der Waals surface area contributed by atoms with E-state index in [0.29, 0.717) is 47.3 Å². The van der Waals surface area contributed by atoms with Crippen molar-refractivity contribution in [3.05, 3.63) is 58.0 Å². The molecule has 0 bridgehead atoms. The number of benzene rings is 1. The van der Waals surface area contributed by atoms with E-state index in [9.17, 15) is 18.0 Å². The molecule has 11 heteroatoms. The monoisotopic (exact) mass is 483 g/mol. The maximum atomic E-state index is 13.3. The van der Waals surface area contributed by atoms with E-state index in [1.807, 2.05) is 0 Å². The van der Waals surface area contributed by atoms with Gasteiger partial charge in [0.2, 0.25) is 0 Å². The Kier molecular flexibility index (Phi) is 6.39. The third-order valence-electron chi connectivity index (χ3n) is 5.37. The van der Waals surface area contributed by atoms with Gasteiger partial charge in [-0.25, -0.2) is 4.98 Å². The molecule has 0 radical (unpaired) electrons. The Balaban J connectivity index is 1.45. The van der Waals surface area contributed by atoms with Crippen LogP contribution in [0.2, 0.25) is 10.2 Å². The lowest BCUT2D eigenvalue weighted by Gasteiger charge is -2.30. The van der Waals surface area contributed by atoms with Crippen LogP contribution in [0.25, 0.3) is 10.9 Å². The molecule has 1 aliphatic rings. The van der Waals surface area contributed by atoms with Crippen molar-refractivity contribution in [1.29, 1.82) is 0 Å². The molecule has 0 saturated heterocycles. The maximum Gasteiger partial charge on any atom is 0.433 e. The van der Waals surface area contributed by atoms with Crippen molar-refractivity contribution in [1.82, 2.24) is 20.5 Å². The molecule has 2 heterocycles. The molecule has 0 atom stereocenters. The van der Waals surface area contributed by atoms with E-state index in [2.05, 4.69) is 25.8 Å². The summed E-state index contributed by atoms with van der Waals surface area (Å²) in [7, 11) is 0. The number of halogens is 5. The summed E-state index contributed by atoms with van der Waals surface area (Å²) in [4.78, 5) is 16.1. The van der Waals surface area contributed by atoms with Crippen LogP contribution in [-0.2, 0) is 6.18 Å². The molecule has 2 N–H and O–H groups in total. The first-order valence-corrected chi connectivity index (χ1v) is 10.7. The van der Waals surface area contributed by atoms with Crippen LogP contribution < -0.4 is 10.6 Å². The van der Waals surface area contributed by atoms with Gasteiger partial charge in [-0.1, -0.05) is 23.2 Å². The summed E-state index contributed by atoms with van der Waals surface area (Å²) in [6.07, 6.45) is -0.529. The van der Waals surface area contributed by atoms with Gasteiger partial charge in [0.25, 0.3) is 5.91 Å². The van der Waals surface area contributed by atoms with E-state index in [0.717, 1.165) is 6.07 Å². The van der Waals surface area contributed by atoms with E-state index in [4.69, 9.17) is 23.2 Å². The summed E-state index contributed by atoms with van der Waals surface area (Å²) in [5.41, 5.74) is -0.0717. The standard InChI is InChI=1S/C21H18Cl2F3N5O/c22-12-1-6-16-15(8-12)17(9-18(30-16)21(24,25)26)28-13-2-4-14(5-3-13)29-20(32)11-7-19(23)31-27-10-11/h1,6-10,13-14H,2-5H2,(H,28,30)(H,29,32)/t13-,14+. The Bertz CT molecular complexity index is 1150. The molecule has 0 spiro atoms. The Labute approximate surface area is 191 Å². The molecule has 6 nitrogen and oxygen atoms in total. The predicted octanol–water partition coefficient (Wildman–Crippen LogP) is 5.50. The number of pyridine rings is 1. The highest BCUT2D eigenvalue weighted by molar-refractivity contribution is 6.31. The highest BCUT2D eigenvalue weighted by Gasteiger charge is 2.34. The second-order valence-electron chi connectivity index (χ2n) is 7.65. The molecule has 32 heavy (non-hydrogen) atoms. The number of amides is 1. The molecule has 2 aromatic heterocycles. The molecule has 1 fully saturated rings. The second-order valence-corrected chi connectivity index (χ2v) is 8.47. The first-order chi connectivity index (χ1) is 15.2. The summed E-state index contributed by atoms with van der Waals surface area (Å²) in [6, 6.07) is 6.95. The van der Waals surface area contributed by atoms with Crippen molar-refractivity contribution in [2.75, 3.05) is 5.32 Å². The average Bonchev–Trinajstić information content (AvgIpc) is 2.74. The molecule has 1 aromatic carbocycles. The SMILES string of the molecule is O=C(N[C@H]1CC[C@@H](Nc2cc(C(F)(F)F)nc3ccc(Cl)cc23)CC1)c1cnnc(Cl)c1. The number of aromatic nitrogens is 3. The number of hydrogen-bond donors (Lipinski definition) is 2. The van der Waals surface area contributed by atoms with E-state index >= 15 is 0 Å². The smallest absolute Gasteiger partial charge is 0.382 e. The fourth-order valence-electron chi connectivity index (χ4n) is 3.80. The van der Waals surface area contributed by atoms with Crippen LogP contribution in [0.1, 0.15) is 41.7 Å². The van der Waals surface area contributed by atoms with Crippen molar-refractivity contribution in [2.45, 2.75) is 43.9 Å². The van der Waals surface area contributed by atoms with Gasteiger partial charge >= 0.3 is 6.18 Å². The molecular weight excluding hydrogens is 466 g/mol. The Hall–Kier alpha value is -2.65. The number of hydrogen-bond acceptors (Lipinski definition) is 5. The third-order valence-corrected chi connectivity index (χ3v) is 5.79. The summed E-state index contributed by atoms with van der Waals surface area (Å²) in [5.74, 6) is -0.289. The van der Waals surface area contributed by atoms with Gasteiger partial charge in [-0.3, -0.25) is 4.79 Å². The lowest BCUT2D eigenvalue weighted by Crippen LogP contribution is -2.40. The first-order valence-electron chi connectivity index (χ1n) is 9.92. The normalized spacial score (nSPS) is 19.0.